The Morgan fingerprint density at radius 1 is 1.21 bits per heavy atom. The molecule has 1 aromatic heterocycles. The molecular weight excluding hydrogens is 488 g/mol. The first-order valence-electron chi connectivity index (χ1n) is 10.9. The Hall–Kier alpha value is -2.59. The second-order valence-electron chi connectivity index (χ2n) is 9.07. The van der Waals surface area contributed by atoms with Crippen molar-refractivity contribution < 1.29 is 26.8 Å². The molecule has 11 heteroatoms. The third kappa shape index (κ3) is 5.07. The Labute approximate surface area is 201 Å². The van der Waals surface area contributed by atoms with E-state index in [1.807, 2.05) is 6.92 Å². The molecule has 0 radical (unpaired) electrons. The summed E-state index contributed by atoms with van der Waals surface area (Å²) in [6.45, 7) is 2.17. The van der Waals surface area contributed by atoms with E-state index in [0.29, 0.717) is 6.42 Å². The molecule has 2 heterocycles. The summed E-state index contributed by atoms with van der Waals surface area (Å²) in [5.74, 6) is -2.58. The lowest BCUT2D eigenvalue weighted by Gasteiger charge is -2.27. The van der Waals surface area contributed by atoms with Crippen LogP contribution < -0.4 is 5.32 Å². The first-order chi connectivity index (χ1) is 16.0. The van der Waals surface area contributed by atoms with Crippen LogP contribution in [0.2, 0.25) is 5.02 Å². The van der Waals surface area contributed by atoms with Gasteiger partial charge in [-0.3, -0.25) is 14.6 Å². The molecule has 1 aliphatic carbocycles. The summed E-state index contributed by atoms with van der Waals surface area (Å²) in [7, 11) is -3.55. The Balaban J connectivity index is 1.58. The van der Waals surface area contributed by atoms with Gasteiger partial charge in [-0.15, -0.1) is 0 Å². The molecule has 0 unspecified atom stereocenters. The average molecular weight is 512 g/mol. The predicted octanol–water partition coefficient (Wildman–Crippen LogP) is 3.53. The summed E-state index contributed by atoms with van der Waals surface area (Å²) < 4.78 is 52.4. The Bertz CT molecular complexity index is 1250. The van der Waals surface area contributed by atoms with Crippen LogP contribution in [-0.4, -0.2) is 49.0 Å². The quantitative estimate of drug-likeness (QED) is 0.598. The van der Waals surface area contributed by atoms with Gasteiger partial charge in [0, 0.05) is 24.6 Å². The van der Waals surface area contributed by atoms with Crippen molar-refractivity contribution in [1.82, 2.24) is 15.2 Å². The van der Waals surface area contributed by atoms with Gasteiger partial charge in [-0.05, 0) is 55.4 Å². The lowest BCUT2D eigenvalue weighted by Crippen LogP contribution is -2.47. The fourth-order valence-electron chi connectivity index (χ4n) is 4.33. The SMILES string of the molecule is C[C@@H]1C[C@H](C(=O)N[C@@H](c2cc(F)c(Cl)cc2F)C2CC2)N(C(=O)c2cc(S(C)(=O)=O)ccn2)C1. The zero-order valence-corrected chi connectivity index (χ0v) is 20.2. The van der Waals surface area contributed by atoms with Crippen molar-refractivity contribution in [1.29, 1.82) is 0 Å². The molecular formula is C23H24ClF2N3O4S. The molecule has 1 saturated carbocycles. The summed E-state index contributed by atoms with van der Waals surface area (Å²) in [6, 6.07) is 2.77. The van der Waals surface area contributed by atoms with Gasteiger partial charge < -0.3 is 10.2 Å². The maximum atomic E-state index is 14.6. The molecule has 2 fully saturated rings. The number of benzene rings is 1. The topological polar surface area (TPSA) is 96.4 Å². The van der Waals surface area contributed by atoms with Crippen LogP contribution in [0.4, 0.5) is 8.78 Å². The summed E-state index contributed by atoms with van der Waals surface area (Å²) in [5.41, 5.74) is -0.0661. The van der Waals surface area contributed by atoms with E-state index in [0.717, 1.165) is 31.2 Å². The van der Waals surface area contributed by atoms with E-state index in [9.17, 15) is 26.8 Å². The number of aromatic nitrogens is 1. The van der Waals surface area contributed by atoms with Crippen LogP contribution in [0.3, 0.4) is 0 Å². The van der Waals surface area contributed by atoms with Gasteiger partial charge in [-0.1, -0.05) is 18.5 Å². The van der Waals surface area contributed by atoms with Gasteiger partial charge in [-0.2, -0.15) is 0 Å². The highest BCUT2D eigenvalue weighted by molar-refractivity contribution is 7.90. The van der Waals surface area contributed by atoms with Crippen molar-refractivity contribution in [2.24, 2.45) is 11.8 Å². The maximum absolute atomic E-state index is 14.6. The summed E-state index contributed by atoms with van der Waals surface area (Å²) in [6.07, 6.45) is 4.14. The fourth-order valence-corrected chi connectivity index (χ4v) is 5.11. The Morgan fingerprint density at radius 3 is 2.56 bits per heavy atom. The van der Waals surface area contributed by atoms with Crippen molar-refractivity contribution in [2.45, 2.75) is 43.2 Å². The van der Waals surface area contributed by atoms with Crippen LogP contribution in [0.5, 0.6) is 0 Å². The normalized spacial score (nSPS) is 21.4. The minimum absolute atomic E-state index is 0.00174. The molecule has 0 spiro atoms. The maximum Gasteiger partial charge on any atom is 0.273 e. The van der Waals surface area contributed by atoms with Crippen LogP contribution in [-0.2, 0) is 14.6 Å². The van der Waals surface area contributed by atoms with Crippen LogP contribution in [0.25, 0.3) is 0 Å². The van der Waals surface area contributed by atoms with Gasteiger partial charge in [0.1, 0.15) is 23.4 Å². The molecule has 34 heavy (non-hydrogen) atoms. The lowest BCUT2D eigenvalue weighted by molar-refractivity contribution is -0.125. The summed E-state index contributed by atoms with van der Waals surface area (Å²) >= 11 is 5.67. The standard InChI is InChI=1S/C23H24ClF2N3O4S/c1-12-7-20(29(11-12)23(31)19-8-14(5-6-27-19)34(2,32)33)22(30)28-21(13-3-4-13)15-9-18(26)16(24)10-17(15)25/h5-6,8-10,12-13,20-21H,3-4,7,11H2,1-2H3,(H,28,30)/t12-,20-,21-/m1/s1. The molecule has 2 aliphatic rings. The minimum Gasteiger partial charge on any atom is -0.347 e. The summed E-state index contributed by atoms with van der Waals surface area (Å²) in [4.78, 5) is 31.8. The monoisotopic (exact) mass is 511 g/mol. The number of likely N-dealkylation sites (tertiary alicyclic amines) is 1. The molecule has 182 valence electrons. The number of sulfone groups is 1. The highest BCUT2D eigenvalue weighted by atomic mass is 35.5. The van der Waals surface area contributed by atoms with Crippen molar-refractivity contribution in [3.05, 3.63) is 58.4 Å². The van der Waals surface area contributed by atoms with E-state index in [4.69, 9.17) is 11.6 Å². The van der Waals surface area contributed by atoms with Gasteiger partial charge in [0.25, 0.3) is 5.91 Å². The van der Waals surface area contributed by atoms with Crippen LogP contribution >= 0.6 is 11.6 Å². The number of halogens is 3. The predicted molar refractivity (Wildman–Crippen MR) is 121 cm³/mol. The second-order valence-corrected chi connectivity index (χ2v) is 11.5. The van der Waals surface area contributed by atoms with Gasteiger partial charge in [-0.25, -0.2) is 17.2 Å². The molecule has 2 aromatic rings. The van der Waals surface area contributed by atoms with E-state index >= 15 is 0 Å². The molecule has 2 amide bonds. The first-order valence-corrected chi connectivity index (χ1v) is 13.1. The van der Waals surface area contributed by atoms with E-state index in [1.54, 1.807) is 0 Å². The molecule has 4 rings (SSSR count). The van der Waals surface area contributed by atoms with Gasteiger partial charge in [0.05, 0.1) is 16.0 Å². The van der Waals surface area contributed by atoms with Crippen molar-refractivity contribution in [3.8, 4) is 0 Å². The third-order valence-electron chi connectivity index (χ3n) is 6.22. The molecule has 3 atom stereocenters. The number of pyridine rings is 1. The second kappa shape index (κ2) is 9.22. The number of rotatable bonds is 6. The van der Waals surface area contributed by atoms with Gasteiger partial charge in [0.2, 0.25) is 5.91 Å². The molecule has 1 aliphatic heterocycles. The van der Waals surface area contributed by atoms with Crippen LogP contribution in [0.15, 0.2) is 35.4 Å². The summed E-state index contributed by atoms with van der Waals surface area (Å²) in [5, 5.41) is 2.48. The van der Waals surface area contributed by atoms with Gasteiger partial charge in [0.15, 0.2) is 9.84 Å². The number of nitrogens with one attached hydrogen (secondary N) is 1. The van der Waals surface area contributed by atoms with Crippen LogP contribution in [0.1, 0.15) is 48.3 Å². The van der Waals surface area contributed by atoms with Crippen molar-refractivity contribution in [2.75, 3.05) is 12.8 Å². The highest BCUT2D eigenvalue weighted by Gasteiger charge is 2.42. The third-order valence-corrected chi connectivity index (χ3v) is 7.62. The largest absolute Gasteiger partial charge is 0.347 e. The molecule has 1 aromatic carbocycles. The fraction of sp³-hybridized carbons (Fsp3) is 0.435. The van der Waals surface area contributed by atoms with E-state index in [-0.39, 0.29) is 39.6 Å². The number of nitrogens with zero attached hydrogens (tertiary/aromatic N) is 2. The number of hydrogen-bond donors (Lipinski definition) is 1. The van der Waals surface area contributed by atoms with Crippen molar-refractivity contribution >= 4 is 33.3 Å². The van der Waals surface area contributed by atoms with Gasteiger partial charge >= 0.3 is 0 Å². The van der Waals surface area contributed by atoms with E-state index in [1.165, 1.54) is 23.2 Å². The minimum atomic E-state index is -3.55. The number of carbonyl (C=O) groups is 2. The number of carbonyl (C=O) groups excluding carboxylic acids is 2. The molecule has 0 bridgehead atoms. The first kappa shape index (κ1) is 24.5. The molecule has 1 saturated heterocycles. The Morgan fingerprint density at radius 2 is 1.91 bits per heavy atom. The highest BCUT2D eigenvalue weighted by Crippen LogP contribution is 2.42. The molecule has 7 nitrogen and oxygen atoms in total. The smallest absolute Gasteiger partial charge is 0.273 e. The number of hydrogen-bond acceptors (Lipinski definition) is 5. The Kier molecular flexibility index (Phi) is 6.65. The number of amides is 2. The average Bonchev–Trinajstić information content (AvgIpc) is 3.54. The molecule has 1 N–H and O–H groups in total. The van der Waals surface area contributed by atoms with Crippen molar-refractivity contribution in [3.63, 3.8) is 0 Å². The lowest BCUT2D eigenvalue weighted by atomic mass is 10.00. The zero-order valence-electron chi connectivity index (χ0n) is 18.6. The zero-order chi connectivity index (χ0) is 24.8. The van der Waals surface area contributed by atoms with E-state index in [2.05, 4.69) is 10.3 Å². The van der Waals surface area contributed by atoms with E-state index < -0.39 is 45.4 Å². The van der Waals surface area contributed by atoms with Crippen LogP contribution in [0, 0.1) is 23.5 Å².